The molecule has 362 valence electrons. The highest BCUT2D eigenvalue weighted by molar-refractivity contribution is 5.26. The van der Waals surface area contributed by atoms with Crippen molar-refractivity contribution < 1.29 is 89.3 Å². The van der Waals surface area contributed by atoms with Gasteiger partial charge < -0.3 is 89.3 Å². The lowest BCUT2D eigenvalue weighted by atomic mass is 9.47. The van der Waals surface area contributed by atoms with Gasteiger partial charge in [0, 0.05) is 12.3 Å². The van der Waals surface area contributed by atoms with Crippen molar-refractivity contribution in [3.05, 3.63) is 11.6 Å². The molecule has 7 fully saturated rings. The number of allylic oxidation sites excluding steroid dienone is 1. The van der Waals surface area contributed by atoms with Crippen LogP contribution in [-0.4, -0.2) is 186 Å². The second kappa shape index (κ2) is 18.5. The van der Waals surface area contributed by atoms with Crippen molar-refractivity contribution >= 4 is 0 Å². The van der Waals surface area contributed by atoms with Crippen LogP contribution < -0.4 is 0 Å². The predicted octanol–water partition coefficient (Wildman–Crippen LogP) is -0.831. The number of fused-ring (bicyclic) bond motifs is 7. The second-order valence-corrected chi connectivity index (χ2v) is 21.0. The van der Waals surface area contributed by atoms with Crippen molar-refractivity contribution in [2.75, 3.05) is 19.8 Å². The molecule has 4 heterocycles. The summed E-state index contributed by atoms with van der Waals surface area (Å²) in [6.07, 6.45) is -11.5. The third kappa shape index (κ3) is 8.51. The van der Waals surface area contributed by atoms with E-state index < -0.39 is 111 Å². The lowest BCUT2D eigenvalue weighted by Gasteiger charge is -2.58. The molecule has 0 amide bonds. The van der Waals surface area contributed by atoms with E-state index in [0.717, 1.165) is 32.1 Å². The van der Waals surface area contributed by atoms with Gasteiger partial charge in [0.2, 0.25) is 0 Å². The van der Waals surface area contributed by atoms with E-state index in [0.29, 0.717) is 43.4 Å². The fourth-order valence-corrected chi connectivity index (χ4v) is 13.5. The van der Waals surface area contributed by atoms with E-state index in [-0.39, 0.29) is 47.4 Å². The van der Waals surface area contributed by atoms with Gasteiger partial charge in [-0.25, -0.2) is 0 Å². The van der Waals surface area contributed by atoms with E-state index >= 15 is 0 Å². The number of hydrogen-bond donors (Lipinski definition) is 11. The molecule has 1 unspecified atom stereocenters. The van der Waals surface area contributed by atoms with Crippen molar-refractivity contribution in [1.29, 1.82) is 0 Å². The minimum atomic E-state index is -1.65. The summed E-state index contributed by atoms with van der Waals surface area (Å²) in [5, 5.41) is 115. The lowest BCUT2D eigenvalue weighted by molar-refractivity contribution is -0.369. The zero-order valence-electron chi connectivity index (χ0n) is 37.1. The van der Waals surface area contributed by atoms with E-state index in [4.69, 9.17) is 33.2 Å². The number of ether oxygens (including phenoxy) is 7. The fraction of sp³-hybridized carbons (Fsp3) is 0.956. The molecule has 0 radical (unpaired) electrons. The number of aliphatic hydroxyl groups is 11. The van der Waals surface area contributed by atoms with Crippen molar-refractivity contribution in [2.24, 2.45) is 46.3 Å². The highest BCUT2D eigenvalue weighted by Crippen LogP contribution is 2.70. The molecule has 8 rings (SSSR count). The summed E-state index contributed by atoms with van der Waals surface area (Å²) in [6.45, 7) is 9.43. The van der Waals surface area contributed by atoms with Crippen LogP contribution in [0.15, 0.2) is 11.6 Å². The van der Waals surface area contributed by atoms with Gasteiger partial charge in [-0.05, 0) is 98.7 Å². The van der Waals surface area contributed by atoms with Gasteiger partial charge in [0.25, 0.3) is 0 Å². The first kappa shape index (κ1) is 48.5. The van der Waals surface area contributed by atoms with E-state index in [1.54, 1.807) is 0 Å². The van der Waals surface area contributed by atoms with Crippen LogP contribution in [0, 0.1) is 46.3 Å². The van der Waals surface area contributed by atoms with Gasteiger partial charge >= 0.3 is 0 Å². The molecule has 11 N–H and O–H groups in total. The molecule has 4 aliphatic heterocycles. The van der Waals surface area contributed by atoms with E-state index in [2.05, 4.69) is 26.8 Å². The molecule has 63 heavy (non-hydrogen) atoms. The summed E-state index contributed by atoms with van der Waals surface area (Å²) >= 11 is 0. The van der Waals surface area contributed by atoms with Crippen LogP contribution in [-0.2, 0) is 33.2 Å². The Labute approximate surface area is 369 Å². The van der Waals surface area contributed by atoms with Crippen molar-refractivity contribution in [3.8, 4) is 0 Å². The summed E-state index contributed by atoms with van der Waals surface area (Å²) in [4.78, 5) is 0. The summed E-state index contributed by atoms with van der Waals surface area (Å²) in [5.74, 6) is 0.0506. The first-order valence-electron chi connectivity index (χ1n) is 23.4. The van der Waals surface area contributed by atoms with Crippen LogP contribution >= 0.6 is 0 Å². The van der Waals surface area contributed by atoms with Gasteiger partial charge in [-0.15, -0.1) is 0 Å². The molecule has 4 aliphatic carbocycles. The zero-order valence-corrected chi connectivity index (χ0v) is 37.1. The third-order valence-electron chi connectivity index (χ3n) is 17.4. The smallest absolute Gasteiger partial charge is 0.187 e. The second-order valence-electron chi connectivity index (χ2n) is 21.0. The third-order valence-corrected chi connectivity index (χ3v) is 17.4. The first-order chi connectivity index (χ1) is 29.8. The average Bonchev–Trinajstić information content (AvgIpc) is 3.70. The molecule has 0 aromatic heterocycles. The Balaban J connectivity index is 0.885. The molecule has 26 atom stereocenters. The van der Waals surface area contributed by atoms with E-state index in [1.807, 2.05) is 6.92 Å². The zero-order chi connectivity index (χ0) is 45.5. The molecule has 0 spiro atoms. The quantitative estimate of drug-likeness (QED) is 0.107. The van der Waals surface area contributed by atoms with Gasteiger partial charge in [0.05, 0.1) is 38.1 Å². The first-order valence-corrected chi connectivity index (χ1v) is 23.4. The lowest BCUT2D eigenvalue weighted by Crippen LogP contribution is -2.64. The van der Waals surface area contributed by atoms with Crippen LogP contribution in [0.3, 0.4) is 0 Å². The minimum absolute atomic E-state index is 0.0148. The Bertz CT molecular complexity index is 1600. The summed E-state index contributed by atoms with van der Waals surface area (Å²) in [7, 11) is 0. The highest BCUT2D eigenvalue weighted by atomic mass is 16.8. The monoisotopic (exact) mass is 902 g/mol. The van der Waals surface area contributed by atoms with Crippen LogP contribution in [0.25, 0.3) is 0 Å². The molecule has 18 nitrogen and oxygen atoms in total. The highest BCUT2D eigenvalue weighted by Gasteiger charge is 2.68. The van der Waals surface area contributed by atoms with Crippen molar-refractivity contribution in [1.82, 2.24) is 0 Å². The predicted molar refractivity (Wildman–Crippen MR) is 218 cm³/mol. The van der Waals surface area contributed by atoms with E-state index in [9.17, 15) is 56.2 Å². The van der Waals surface area contributed by atoms with Gasteiger partial charge in [-0.3, -0.25) is 0 Å². The molecular weight excluding hydrogens is 828 g/mol. The average molecular weight is 903 g/mol. The van der Waals surface area contributed by atoms with Crippen LogP contribution in [0.4, 0.5) is 0 Å². The summed E-state index contributed by atoms with van der Waals surface area (Å²) < 4.78 is 42.1. The van der Waals surface area contributed by atoms with Gasteiger partial charge in [0.1, 0.15) is 67.1 Å². The molecule has 0 aromatic rings. The Hall–Kier alpha value is -0.980. The number of rotatable bonds is 12. The number of aliphatic hydroxyl groups excluding tert-OH is 10. The molecule has 0 bridgehead atoms. The molecule has 8 aliphatic rings. The fourth-order valence-electron chi connectivity index (χ4n) is 13.5. The molecule has 0 aromatic carbocycles. The molecule has 18 heteroatoms. The Morgan fingerprint density at radius 2 is 1.40 bits per heavy atom. The maximum Gasteiger partial charge on any atom is 0.187 e. The largest absolute Gasteiger partial charge is 0.394 e. The maximum atomic E-state index is 12.0. The van der Waals surface area contributed by atoms with Gasteiger partial charge in [-0.2, -0.15) is 0 Å². The molecule has 3 saturated carbocycles. The molecular formula is C45H74O18. The standard InChI is InChI=1S/C45H74O18/c1-19(18-57-40-37(54)35(52)32(49)28(16-46)60-40)8-13-45(56)20(2)30-27(63-45)15-26-24-7-6-22-14-23(9-11-43(22,4)25(24)10-12-44(26,30)5)59-42-39(36(53)33(50)29(17-47)61-42)62-41-38(55)34(51)31(48)21(3)58-41/h6,19-21,23-42,46-56H,7-18H2,1-5H3/t19-,20-,21-,23-,24+,25-,26-,27-,28+,29+,30-,31-,32+,33+,34+,35-,36-,37+,38+,39+,40+,41-,42+,43-,44-,45?/m0/s1. The van der Waals surface area contributed by atoms with Crippen LogP contribution in [0.2, 0.25) is 0 Å². The summed E-state index contributed by atoms with van der Waals surface area (Å²) in [5.41, 5.74) is 1.23. The Kier molecular flexibility index (Phi) is 14.2. The minimum Gasteiger partial charge on any atom is -0.394 e. The SMILES string of the molecule is C[C@@H](CCC1(O)O[C@H]2C[C@H]3[C@@H]4CC=C5C[C@@H](O[C@@H]6O[C@H](CO)[C@@H](O)[C@H](O)[C@H]6O[C@@H]6O[C@@H](C)[C@H](O)[C@@H](O)[C@H]6O)CC[C@]5(C)[C@H]4CC[C@]3(C)[C@H]2[C@@H]1C)CO[C@@H]1O[C@H](CO)[C@@H](O)[C@H](O)[C@H]1O. The van der Waals surface area contributed by atoms with Crippen LogP contribution in [0.5, 0.6) is 0 Å². The van der Waals surface area contributed by atoms with Gasteiger partial charge in [-0.1, -0.05) is 39.3 Å². The number of hydrogen-bond acceptors (Lipinski definition) is 18. The van der Waals surface area contributed by atoms with Crippen LogP contribution in [0.1, 0.15) is 92.4 Å². The molecule has 4 saturated heterocycles. The Morgan fingerprint density at radius 1 is 0.746 bits per heavy atom. The van der Waals surface area contributed by atoms with Crippen molar-refractivity contribution in [3.63, 3.8) is 0 Å². The Morgan fingerprint density at radius 3 is 2.10 bits per heavy atom. The van der Waals surface area contributed by atoms with E-state index in [1.165, 1.54) is 12.5 Å². The summed E-state index contributed by atoms with van der Waals surface area (Å²) in [6, 6.07) is 0. The normalized spacial score (nSPS) is 55.0. The topological polar surface area (TPSA) is 287 Å². The maximum absolute atomic E-state index is 12.0. The van der Waals surface area contributed by atoms with Crippen molar-refractivity contribution in [2.45, 2.75) is 203 Å². The van der Waals surface area contributed by atoms with Gasteiger partial charge in [0.15, 0.2) is 24.7 Å².